The van der Waals surface area contributed by atoms with Gasteiger partial charge in [-0.3, -0.25) is 9.69 Å². The van der Waals surface area contributed by atoms with Crippen molar-refractivity contribution >= 4 is 28.6 Å². The number of nitrogens with zero attached hydrogens (tertiary/aromatic N) is 2. The fourth-order valence-corrected chi connectivity index (χ4v) is 5.56. The monoisotopic (exact) mass is 396 g/mol. The average Bonchev–Trinajstić information content (AvgIpc) is 3.39. The van der Waals surface area contributed by atoms with Crippen molar-refractivity contribution in [3.05, 3.63) is 80.2 Å². The molecular formula is C22H24N2OS2. The molecule has 2 aromatic heterocycles. The van der Waals surface area contributed by atoms with Gasteiger partial charge in [0.25, 0.3) is 0 Å². The SMILES string of the molecule is C[C@H](c1ccccc1)N(C)C(=O)CN1CCc2sccc2[C@H]1c1cccs1. The molecule has 140 valence electrons. The first-order chi connectivity index (χ1) is 13.1. The van der Waals surface area contributed by atoms with Gasteiger partial charge in [-0.05, 0) is 47.4 Å². The van der Waals surface area contributed by atoms with Crippen LogP contribution >= 0.6 is 22.7 Å². The van der Waals surface area contributed by atoms with Crippen LogP contribution in [0.4, 0.5) is 0 Å². The fourth-order valence-electron chi connectivity index (χ4n) is 3.78. The van der Waals surface area contributed by atoms with Crippen LogP contribution in [0, 0.1) is 0 Å². The molecule has 1 aliphatic rings. The molecule has 1 aliphatic heterocycles. The van der Waals surface area contributed by atoms with E-state index in [-0.39, 0.29) is 18.0 Å². The third kappa shape index (κ3) is 3.72. The van der Waals surface area contributed by atoms with Crippen LogP contribution in [0.1, 0.15) is 39.9 Å². The van der Waals surface area contributed by atoms with Gasteiger partial charge in [0.1, 0.15) is 0 Å². The summed E-state index contributed by atoms with van der Waals surface area (Å²) < 4.78 is 0. The fraction of sp³-hybridized carbons (Fsp3) is 0.318. The van der Waals surface area contributed by atoms with Crippen LogP contribution < -0.4 is 0 Å². The predicted octanol–water partition coefficient (Wildman–Crippen LogP) is 4.98. The summed E-state index contributed by atoms with van der Waals surface area (Å²) in [5.41, 5.74) is 2.54. The molecule has 0 N–H and O–H groups in total. The van der Waals surface area contributed by atoms with Crippen LogP contribution in [0.15, 0.2) is 59.3 Å². The number of carbonyl (C=O) groups excluding carboxylic acids is 1. The summed E-state index contributed by atoms with van der Waals surface area (Å²) in [6, 6.07) is 17.0. The molecule has 3 aromatic rings. The Hall–Kier alpha value is -1.95. The summed E-state index contributed by atoms with van der Waals surface area (Å²) >= 11 is 3.62. The van der Waals surface area contributed by atoms with Gasteiger partial charge in [-0.2, -0.15) is 0 Å². The van der Waals surface area contributed by atoms with Gasteiger partial charge in [0.05, 0.1) is 18.6 Å². The molecule has 1 amide bonds. The number of fused-ring (bicyclic) bond motifs is 1. The Morgan fingerprint density at radius 3 is 2.70 bits per heavy atom. The van der Waals surface area contributed by atoms with Gasteiger partial charge in [-0.1, -0.05) is 36.4 Å². The zero-order valence-corrected chi connectivity index (χ0v) is 17.3. The van der Waals surface area contributed by atoms with Crippen molar-refractivity contribution in [2.24, 2.45) is 0 Å². The molecule has 0 spiro atoms. The van der Waals surface area contributed by atoms with E-state index in [0.29, 0.717) is 6.54 Å². The van der Waals surface area contributed by atoms with E-state index in [9.17, 15) is 4.79 Å². The van der Waals surface area contributed by atoms with Gasteiger partial charge in [-0.15, -0.1) is 22.7 Å². The molecule has 0 radical (unpaired) electrons. The smallest absolute Gasteiger partial charge is 0.237 e. The molecular weight excluding hydrogens is 372 g/mol. The first kappa shape index (κ1) is 18.4. The minimum absolute atomic E-state index is 0.0698. The van der Waals surface area contributed by atoms with Crippen LogP contribution in [0.5, 0.6) is 0 Å². The maximum absolute atomic E-state index is 13.1. The zero-order chi connectivity index (χ0) is 18.8. The van der Waals surface area contributed by atoms with Crippen LogP contribution in [0.25, 0.3) is 0 Å². The second-order valence-corrected chi connectivity index (χ2v) is 9.01. The van der Waals surface area contributed by atoms with E-state index >= 15 is 0 Å². The lowest BCUT2D eigenvalue weighted by Crippen LogP contribution is -2.43. The molecule has 27 heavy (non-hydrogen) atoms. The van der Waals surface area contributed by atoms with Crippen molar-refractivity contribution < 1.29 is 4.79 Å². The Morgan fingerprint density at radius 1 is 1.15 bits per heavy atom. The van der Waals surface area contributed by atoms with Gasteiger partial charge in [0, 0.05) is 23.3 Å². The van der Waals surface area contributed by atoms with Gasteiger partial charge >= 0.3 is 0 Å². The van der Waals surface area contributed by atoms with E-state index in [1.807, 2.05) is 41.5 Å². The first-order valence-electron chi connectivity index (χ1n) is 9.29. The number of rotatable bonds is 5. The van der Waals surface area contributed by atoms with Crippen LogP contribution in [0.2, 0.25) is 0 Å². The van der Waals surface area contributed by atoms with Gasteiger partial charge in [-0.25, -0.2) is 0 Å². The third-order valence-corrected chi connectivity index (χ3v) is 7.39. The molecule has 2 atom stereocenters. The van der Waals surface area contributed by atoms with Crippen molar-refractivity contribution in [2.75, 3.05) is 20.1 Å². The summed E-state index contributed by atoms with van der Waals surface area (Å²) in [7, 11) is 1.92. The molecule has 0 bridgehead atoms. The second kappa shape index (κ2) is 7.97. The van der Waals surface area contributed by atoms with Crippen molar-refractivity contribution in [2.45, 2.75) is 25.4 Å². The lowest BCUT2D eigenvalue weighted by Gasteiger charge is -2.36. The molecule has 0 saturated carbocycles. The molecule has 0 saturated heterocycles. The average molecular weight is 397 g/mol. The summed E-state index contributed by atoms with van der Waals surface area (Å²) in [5.74, 6) is 0.173. The summed E-state index contributed by atoms with van der Waals surface area (Å²) in [4.78, 5) is 20.1. The van der Waals surface area contributed by atoms with E-state index in [1.54, 1.807) is 11.3 Å². The van der Waals surface area contributed by atoms with Crippen molar-refractivity contribution in [3.63, 3.8) is 0 Å². The highest BCUT2D eigenvalue weighted by Gasteiger charge is 2.32. The largest absolute Gasteiger partial charge is 0.338 e. The highest BCUT2D eigenvalue weighted by atomic mass is 32.1. The highest BCUT2D eigenvalue weighted by Crippen LogP contribution is 2.39. The third-order valence-electron chi connectivity index (χ3n) is 5.47. The molecule has 1 aromatic carbocycles. The molecule has 3 nitrogen and oxygen atoms in total. The normalized spacial score (nSPS) is 18.1. The van der Waals surface area contributed by atoms with Gasteiger partial charge in [0.15, 0.2) is 0 Å². The minimum Gasteiger partial charge on any atom is -0.338 e. The number of benzene rings is 1. The van der Waals surface area contributed by atoms with E-state index in [4.69, 9.17) is 0 Å². The highest BCUT2D eigenvalue weighted by molar-refractivity contribution is 7.10. The maximum atomic E-state index is 13.1. The number of carbonyl (C=O) groups is 1. The molecule has 0 fully saturated rings. The van der Waals surface area contributed by atoms with Crippen molar-refractivity contribution in [1.29, 1.82) is 0 Å². The minimum atomic E-state index is 0.0698. The Kier molecular flexibility index (Phi) is 5.43. The molecule has 4 rings (SSSR count). The van der Waals surface area contributed by atoms with E-state index < -0.39 is 0 Å². The topological polar surface area (TPSA) is 23.6 Å². The summed E-state index contributed by atoms with van der Waals surface area (Å²) in [6.45, 7) is 3.47. The Labute approximate surface area is 168 Å². The molecule has 3 heterocycles. The van der Waals surface area contributed by atoms with Crippen LogP contribution in [-0.4, -0.2) is 35.8 Å². The van der Waals surface area contributed by atoms with Gasteiger partial charge in [0.2, 0.25) is 5.91 Å². The second-order valence-electron chi connectivity index (χ2n) is 7.03. The first-order valence-corrected chi connectivity index (χ1v) is 11.1. The predicted molar refractivity (Wildman–Crippen MR) is 113 cm³/mol. The Bertz CT molecular complexity index is 888. The summed E-state index contributed by atoms with van der Waals surface area (Å²) in [6.07, 6.45) is 1.03. The number of thiophene rings is 2. The van der Waals surface area contributed by atoms with Crippen LogP contribution in [0.3, 0.4) is 0 Å². The van der Waals surface area contributed by atoms with Crippen LogP contribution in [-0.2, 0) is 11.2 Å². The lowest BCUT2D eigenvalue weighted by atomic mass is 9.98. The maximum Gasteiger partial charge on any atom is 0.237 e. The standard InChI is InChI=1S/C22H24N2OS2/c1-16(17-7-4-3-5-8-17)23(2)21(25)15-24-12-10-19-18(11-14-27-19)22(24)20-9-6-13-26-20/h3-9,11,13-14,16,22H,10,12,15H2,1-2H3/t16-,22+/m1/s1. The van der Waals surface area contributed by atoms with Gasteiger partial charge < -0.3 is 4.90 Å². The molecule has 0 unspecified atom stereocenters. The number of likely N-dealkylation sites (N-methyl/N-ethyl adjacent to an activating group) is 1. The molecule has 0 aliphatic carbocycles. The zero-order valence-electron chi connectivity index (χ0n) is 15.7. The van der Waals surface area contributed by atoms with E-state index in [2.05, 4.69) is 52.9 Å². The number of hydrogen-bond donors (Lipinski definition) is 0. The summed E-state index contributed by atoms with van der Waals surface area (Å²) in [5, 5.41) is 4.31. The number of hydrogen-bond acceptors (Lipinski definition) is 4. The Morgan fingerprint density at radius 2 is 1.96 bits per heavy atom. The lowest BCUT2D eigenvalue weighted by molar-refractivity contribution is -0.133. The van der Waals surface area contributed by atoms with E-state index in [1.165, 1.54) is 20.9 Å². The van der Waals surface area contributed by atoms with Crippen molar-refractivity contribution in [1.82, 2.24) is 9.80 Å². The van der Waals surface area contributed by atoms with Crippen molar-refractivity contribution in [3.8, 4) is 0 Å². The quantitative estimate of drug-likeness (QED) is 0.607. The Balaban J connectivity index is 1.53. The molecule has 5 heteroatoms. The number of amides is 1. The van der Waals surface area contributed by atoms with E-state index in [0.717, 1.165) is 13.0 Å².